The van der Waals surface area contributed by atoms with Gasteiger partial charge in [-0.05, 0) is 45.4 Å². The average molecular weight is 197 g/mol. The molecule has 0 aromatic rings. The minimum atomic E-state index is 0.481. The first-order chi connectivity index (χ1) is 6.74. The summed E-state index contributed by atoms with van der Waals surface area (Å²) in [5.74, 6) is 0. The molecule has 2 rings (SSSR count). The number of ether oxygens (including phenoxy) is 1. The number of nitrogens with one attached hydrogen (secondary N) is 1. The van der Waals surface area contributed by atoms with Crippen molar-refractivity contribution in [3.05, 3.63) is 0 Å². The van der Waals surface area contributed by atoms with Crippen LogP contribution >= 0.6 is 0 Å². The molecule has 14 heavy (non-hydrogen) atoms. The van der Waals surface area contributed by atoms with E-state index in [9.17, 15) is 0 Å². The summed E-state index contributed by atoms with van der Waals surface area (Å²) in [6.07, 6.45) is 8.87. The minimum Gasteiger partial charge on any atom is -0.374 e. The summed E-state index contributed by atoms with van der Waals surface area (Å²) < 4.78 is 5.81. The fourth-order valence-corrected chi connectivity index (χ4v) is 2.62. The van der Waals surface area contributed by atoms with E-state index in [1.54, 1.807) is 0 Å². The van der Waals surface area contributed by atoms with Gasteiger partial charge in [0, 0.05) is 12.1 Å². The molecule has 0 aromatic heterocycles. The van der Waals surface area contributed by atoms with Gasteiger partial charge in [0.15, 0.2) is 0 Å². The van der Waals surface area contributed by atoms with Gasteiger partial charge in [0.05, 0.1) is 12.2 Å². The predicted molar refractivity (Wildman–Crippen MR) is 58.4 cm³/mol. The first-order valence-electron chi connectivity index (χ1n) is 6.14. The molecule has 1 N–H and O–H groups in total. The molecule has 1 saturated carbocycles. The summed E-state index contributed by atoms with van der Waals surface area (Å²) in [6, 6.07) is 0. The third kappa shape index (κ3) is 2.12. The summed E-state index contributed by atoms with van der Waals surface area (Å²) in [4.78, 5) is 0. The lowest BCUT2D eigenvalue weighted by Gasteiger charge is -2.43. The lowest BCUT2D eigenvalue weighted by Crippen LogP contribution is -2.52. The normalized spacial score (nSPS) is 35.6. The standard InChI is InChI=1S/C12H23NO/c1-3-12(7-4-8-12)13-9-11-6-5-10(2)14-11/h10-11,13H,3-9H2,1-2H3. The Kier molecular flexibility index (Phi) is 3.13. The van der Waals surface area contributed by atoms with Crippen LogP contribution in [0.2, 0.25) is 0 Å². The Morgan fingerprint density at radius 1 is 1.36 bits per heavy atom. The van der Waals surface area contributed by atoms with Crippen molar-refractivity contribution in [2.75, 3.05) is 6.54 Å². The van der Waals surface area contributed by atoms with Crippen LogP contribution in [0, 0.1) is 0 Å². The highest BCUT2D eigenvalue weighted by Crippen LogP contribution is 2.34. The van der Waals surface area contributed by atoms with Crippen molar-refractivity contribution < 1.29 is 4.74 Å². The Hall–Kier alpha value is -0.0800. The summed E-state index contributed by atoms with van der Waals surface area (Å²) >= 11 is 0. The van der Waals surface area contributed by atoms with Crippen LogP contribution in [0.5, 0.6) is 0 Å². The highest BCUT2D eigenvalue weighted by Gasteiger charge is 2.35. The molecule has 1 aliphatic heterocycles. The highest BCUT2D eigenvalue weighted by molar-refractivity contribution is 4.95. The van der Waals surface area contributed by atoms with Gasteiger partial charge >= 0.3 is 0 Å². The quantitative estimate of drug-likeness (QED) is 0.747. The van der Waals surface area contributed by atoms with Gasteiger partial charge in [-0.25, -0.2) is 0 Å². The van der Waals surface area contributed by atoms with Gasteiger partial charge in [-0.1, -0.05) is 6.92 Å². The fourth-order valence-electron chi connectivity index (χ4n) is 2.62. The number of hydrogen-bond acceptors (Lipinski definition) is 2. The molecule has 2 heteroatoms. The molecular weight excluding hydrogens is 174 g/mol. The van der Waals surface area contributed by atoms with Crippen molar-refractivity contribution in [2.24, 2.45) is 0 Å². The second-order valence-electron chi connectivity index (χ2n) is 5.01. The van der Waals surface area contributed by atoms with E-state index < -0.39 is 0 Å². The molecule has 0 spiro atoms. The van der Waals surface area contributed by atoms with Gasteiger partial charge in [-0.2, -0.15) is 0 Å². The second-order valence-corrected chi connectivity index (χ2v) is 5.01. The zero-order chi connectivity index (χ0) is 10.0. The van der Waals surface area contributed by atoms with E-state index in [4.69, 9.17) is 4.74 Å². The average Bonchev–Trinajstić information content (AvgIpc) is 2.50. The Morgan fingerprint density at radius 2 is 2.14 bits per heavy atom. The van der Waals surface area contributed by atoms with E-state index in [0.717, 1.165) is 6.54 Å². The van der Waals surface area contributed by atoms with Crippen molar-refractivity contribution in [1.29, 1.82) is 0 Å². The van der Waals surface area contributed by atoms with E-state index in [-0.39, 0.29) is 0 Å². The van der Waals surface area contributed by atoms with Gasteiger partial charge in [-0.15, -0.1) is 0 Å². The summed E-state index contributed by atoms with van der Waals surface area (Å²) in [6.45, 7) is 5.54. The predicted octanol–water partition coefficient (Wildman–Crippen LogP) is 2.48. The van der Waals surface area contributed by atoms with Crippen LogP contribution in [0.3, 0.4) is 0 Å². The molecule has 0 bridgehead atoms. The van der Waals surface area contributed by atoms with E-state index in [1.807, 2.05) is 0 Å². The topological polar surface area (TPSA) is 21.3 Å². The minimum absolute atomic E-state index is 0.481. The molecule has 82 valence electrons. The number of hydrogen-bond donors (Lipinski definition) is 1. The maximum Gasteiger partial charge on any atom is 0.0704 e. The van der Waals surface area contributed by atoms with Crippen molar-refractivity contribution >= 4 is 0 Å². The van der Waals surface area contributed by atoms with Crippen LogP contribution in [-0.2, 0) is 4.74 Å². The van der Waals surface area contributed by atoms with E-state index in [1.165, 1.54) is 38.5 Å². The van der Waals surface area contributed by atoms with E-state index in [2.05, 4.69) is 19.2 Å². The summed E-state index contributed by atoms with van der Waals surface area (Å²) in [5, 5.41) is 3.72. The molecule has 2 fully saturated rings. The summed E-state index contributed by atoms with van der Waals surface area (Å²) in [5.41, 5.74) is 0.481. The van der Waals surface area contributed by atoms with Crippen molar-refractivity contribution in [2.45, 2.75) is 70.1 Å². The molecule has 0 radical (unpaired) electrons. The highest BCUT2D eigenvalue weighted by atomic mass is 16.5. The Bertz CT molecular complexity index is 183. The van der Waals surface area contributed by atoms with Crippen LogP contribution in [0.15, 0.2) is 0 Å². The Balaban J connectivity index is 1.71. The zero-order valence-corrected chi connectivity index (χ0v) is 9.51. The third-order valence-electron chi connectivity index (χ3n) is 4.01. The zero-order valence-electron chi connectivity index (χ0n) is 9.51. The SMILES string of the molecule is CCC1(NCC2CCC(C)O2)CCC1. The lowest BCUT2D eigenvalue weighted by atomic mass is 9.75. The monoisotopic (exact) mass is 197 g/mol. The van der Waals surface area contributed by atoms with Crippen LogP contribution in [0.25, 0.3) is 0 Å². The maximum atomic E-state index is 5.81. The van der Waals surface area contributed by atoms with Crippen LogP contribution in [0.1, 0.15) is 52.4 Å². The molecule has 1 aliphatic carbocycles. The third-order valence-corrected chi connectivity index (χ3v) is 4.01. The molecule has 1 heterocycles. The van der Waals surface area contributed by atoms with Crippen molar-refractivity contribution in [3.63, 3.8) is 0 Å². The maximum absolute atomic E-state index is 5.81. The lowest BCUT2D eigenvalue weighted by molar-refractivity contribution is 0.0432. The van der Waals surface area contributed by atoms with Crippen LogP contribution < -0.4 is 5.32 Å². The first-order valence-corrected chi connectivity index (χ1v) is 6.14. The molecule has 2 unspecified atom stereocenters. The first kappa shape index (κ1) is 10.4. The molecular formula is C12H23NO. The van der Waals surface area contributed by atoms with Crippen molar-refractivity contribution in [3.8, 4) is 0 Å². The Morgan fingerprint density at radius 3 is 2.57 bits per heavy atom. The van der Waals surface area contributed by atoms with Gasteiger partial charge < -0.3 is 10.1 Å². The largest absolute Gasteiger partial charge is 0.374 e. The van der Waals surface area contributed by atoms with Crippen LogP contribution in [0.4, 0.5) is 0 Å². The van der Waals surface area contributed by atoms with Gasteiger partial charge in [0.1, 0.15) is 0 Å². The molecule has 0 amide bonds. The fraction of sp³-hybridized carbons (Fsp3) is 1.00. The van der Waals surface area contributed by atoms with Gasteiger partial charge in [0.2, 0.25) is 0 Å². The molecule has 0 aromatic carbocycles. The second kappa shape index (κ2) is 4.19. The summed E-state index contributed by atoms with van der Waals surface area (Å²) in [7, 11) is 0. The molecule has 2 aliphatic rings. The number of rotatable bonds is 4. The van der Waals surface area contributed by atoms with Gasteiger partial charge in [-0.3, -0.25) is 0 Å². The molecule has 1 saturated heterocycles. The molecule has 2 atom stereocenters. The molecule has 2 nitrogen and oxygen atoms in total. The van der Waals surface area contributed by atoms with Crippen LogP contribution in [-0.4, -0.2) is 24.3 Å². The van der Waals surface area contributed by atoms with E-state index in [0.29, 0.717) is 17.7 Å². The Labute approximate surface area is 87.4 Å². The van der Waals surface area contributed by atoms with Crippen molar-refractivity contribution in [1.82, 2.24) is 5.32 Å². The van der Waals surface area contributed by atoms with E-state index >= 15 is 0 Å². The van der Waals surface area contributed by atoms with Gasteiger partial charge in [0.25, 0.3) is 0 Å². The smallest absolute Gasteiger partial charge is 0.0704 e.